The number of nitrogens with one attached hydrogen (secondary N) is 1. The summed E-state index contributed by atoms with van der Waals surface area (Å²) in [6.45, 7) is 1.87. The fourth-order valence-electron chi connectivity index (χ4n) is 1.75. The number of benzene rings is 1. The van der Waals surface area contributed by atoms with E-state index in [1.165, 1.54) is 12.8 Å². The molecule has 1 aromatic rings. The van der Waals surface area contributed by atoms with Gasteiger partial charge in [-0.15, -0.1) is 0 Å². The van der Waals surface area contributed by atoms with Crippen molar-refractivity contribution < 1.29 is 14.3 Å². The number of methoxy groups -OCH3 is 1. The van der Waals surface area contributed by atoms with Crippen LogP contribution in [0.1, 0.15) is 23.2 Å². The molecule has 0 aliphatic heterocycles. The van der Waals surface area contributed by atoms with E-state index in [0.29, 0.717) is 30.2 Å². The average Bonchev–Trinajstić information content (AvgIpc) is 3.22. The molecular weight excluding hydrogens is 244 g/mol. The first-order valence-corrected chi connectivity index (χ1v) is 6.50. The zero-order valence-electron chi connectivity index (χ0n) is 11.1. The van der Waals surface area contributed by atoms with Gasteiger partial charge in [-0.2, -0.15) is 0 Å². The number of amides is 1. The molecule has 0 radical (unpaired) electrons. The highest BCUT2D eigenvalue weighted by Gasteiger charge is 2.20. The normalized spacial score (nSPS) is 14.2. The van der Waals surface area contributed by atoms with Crippen LogP contribution in [-0.4, -0.2) is 32.8 Å². The van der Waals surface area contributed by atoms with E-state index in [9.17, 15) is 4.79 Å². The van der Waals surface area contributed by atoms with Crippen LogP contribution in [0, 0.1) is 5.92 Å². The minimum atomic E-state index is -0.149. The highest BCUT2D eigenvalue weighted by Crippen LogP contribution is 2.28. The summed E-state index contributed by atoms with van der Waals surface area (Å²) in [5.74, 6) is 1.17. The van der Waals surface area contributed by atoms with Gasteiger partial charge in [-0.1, -0.05) is 0 Å². The van der Waals surface area contributed by atoms with Crippen LogP contribution < -0.4 is 15.8 Å². The molecule has 0 bridgehead atoms. The Morgan fingerprint density at radius 3 is 2.89 bits per heavy atom. The number of rotatable bonds is 7. The number of hydrogen-bond donors (Lipinski definition) is 2. The lowest BCUT2D eigenvalue weighted by atomic mass is 10.2. The molecule has 0 aromatic heterocycles. The molecule has 0 saturated heterocycles. The first-order valence-electron chi connectivity index (χ1n) is 6.50. The van der Waals surface area contributed by atoms with Crippen molar-refractivity contribution >= 4 is 11.6 Å². The second-order valence-electron chi connectivity index (χ2n) is 4.73. The van der Waals surface area contributed by atoms with Crippen LogP contribution >= 0.6 is 0 Å². The summed E-state index contributed by atoms with van der Waals surface area (Å²) < 4.78 is 10.5. The minimum Gasteiger partial charge on any atom is -0.495 e. The smallest absolute Gasteiger partial charge is 0.251 e. The van der Waals surface area contributed by atoms with Crippen LogP contribution in [0.5, 0.6) is 5.75 Å². The number of anilines is 1. The maximum Gasteiger partial charge on any atom is 0.251 e. The molecule has 5 nitrogen and oxygen atoms in total. The summed E-state index contributed by atoms with van der Waals surface area (Å²) in [5.41, 5.74) is 6.74. The van der Waals surface area contributed by atoms with E-state index >= 15 is 0 Å². The lowest BCUT2D eigenvalue weighted by Crippen LogP contribution is -2.27. The van der Waals surface area contributed by atoms with Gasteiger partial charge in [-0.25, -0.2) is 0 Å². The van der Waals surface area contributed by atoms with Crippen LogP contribution in [0.2, 0.25) is 0 Å². The molecule has 1 aromatic carbocycles. The quantitative estimate of drug-likeness (QED) is 0.577. The maximum atomic E-state index is 11.8. The summed E-state index contributed by atoms with van der Waals surface area (Å²) in [4.78, 5) is 11.8. The summed E-state index contributed by atoms with van der Waals surface area (Å²) in [6.07, 6.45) is 2.55. The number of ether oxygens (including phenoxy) is 2. The number of carbonyl (C=O) groups is 1. The van der Waals surface area contributed by atoms with Gasteiger partial charge in [0.1, 0.15) is 5.75 Å². The summed E-state index contributed by atoms with van der Waals surface area (Å²) in [6, 6.07) is 4.99. The van der Waals surface area contributed by atoms with Gasteiger partial charge in [0, 0.05) is 18.7 Å². The summed E-state index contributed by atoms with van der Waals surface area (Å²) in [5, 5.41) is 2.80. The predicted molar refractivity (Wildman–Crippen MR) is 73.3 cm³/mol. The van der Waals surface area contributed by atoms with Crippen molar-refractivity contribution in [2.45, 2.75) is 12.8 Å². The van der Waals surface area contributed by atoms with E-state index in [0.717, 1.165) is 12.5 Å². The highest BCUT2D eigenvalue weighted by atomic mass is 16.5. The minimum absolute atomic E-state index is 0.149. The molecule has 0 atom stereocenters. The van der Waals surface area contributed by atoms with Gasteiger partial charge in [-0.3, -0.25) is 4.79 Å². The first kappa shape index (κ1) is 13.7. The van der Waals surface area contributed by atoms with Gasteiger partial charge in [0.25, 0.3) is 5.91 Å². The standard InChI is InChI=1S/C14H20N2O3/c1-18-13-5-4-11(8-12(13)15)14(17)16-6-7-19-9-10-2-3-10/h4-5,8,10H,2-3,6-7,9,15H2,1H3,(H,16,17). The molecule has 104 valence electrons. The second kappa shape index (κ2) is 6.43. The Hall–Kier alpha value is -1.75. The van der Waals surface area contributed by atoms with Crippen molar-refractivity contribution in [1.29, 1.82) is 0 Å². The van der Waals surface area contributed by atoms with Gasteiger partial charge in [-0.05, 0) is 37.0 Å². The van der Waals surface area contributed by atoms with Crippen molar-refractivity contribution in [1.82, 2.24) is 5.32 Å². The van der Waals surface area contributed by atoms with Crippen molar-refractivity contribution in [2.24, 2.45) is 5.92 Å². The molecule has 0 heterocycles. The van der Waals surface area contributed by atoms with E-state index in [2.05, 4.69) is 5.32 Å². The first-order chi connectivity index (χ1) is 9.20. The average molecular weight is 264 g/mol. The molecule has 2 rings (SSSR count). The molecule has 5 heteroatoms. The molecule has 1 aliphatic carbocycles. The fraction of sp³-hybridized carbons (Fsp3) is 0.500. The lowest BCUT2D eigenvalue weighted by Gasteiger charge is -2.08. The Balaban J connectivity index is 1.73. The van der Waals surface area contributed by atoms with Crippen LogP contribution in [0.15, 0.2) is 18.2 Å². The van der Waals surface area contributed by atoms with Crippen LogP contribution in [0.25, 0.3) is 0 Å². The highest BCUT2D eigenvalue weighted by molar-refractivity contribution is 5.95. The third kappa shape index (κ3) is 4.13. The fourth-order valence-corrected chi connectivity index (χ4v) is 1.75. The molecule has 1 amide bonds. The molecule has 3 N–H and O–H groups in total. The van der Waals surface area contributed by atoms with Crippen molar-refractivity contribution in [3.05, 3.63) is 23.8 Å². The lowest BCUT2D eigenvalue weighted by molar-refractivity contribution is 0.0906. The van der Waals surface area contributed by atoms with Crippen LogP contribution in [0.3, 0.4) is 0 Å². The maximum absolute atomic E-state index is 11.8. The number of nitrogen functional groups attached to an aromatic ring is 1. The summed E-state index contributed by atoms with van der Waals surface area (Å²) in [7, 11) is 1.54. The third-order valence-electron chi connectivity index (χ3n) is 3.07. The monoisotopic (exact) mass is 264 g/mol. The zero-order chi connectivity index (χ0) is 13.7. The van der Waals surface area contributed by atoms with E-state index in [1.807, 2.05) is 0 Å². The van der Waals surface area contributed by atoms with Gasteiger partial charge in [0.2, 0.25) is 0 Å². The zero-order valence-corrected chi connectivity index (χ0v) is 11.1. The Bertz CT molecular complexity index is 444. The number of carbonyl (C=O) groups excluding carboxylic acids is 1. The molecule has 1 saturated carbocycles. The second-order valence-corrected chi connectivity index (χ2v) is 4.73. The van der Waals surface area contributed by atoms with Gasteiger partial charge >= 0.3 is 0 Å². The molecule has 0 unspecified atom stereocenters. The molecule has 0 spiro atoms. The van der Waals surface area contributed by atoms with Gasteiger partial charge < -0.3 is 20.5 Å². The molecule has 19 heavy (non-hydrogen) atoms. The van der Waals surface area contributed by atoms with Gasteiger partial charge in [0.05, 0.1) is 19.4 Å². The largest absolute Gasteiger partial charge is 0.495 e. The van der Waals surface area contributed by atoms with Crippen LogP contribution in [-0.2, 0) is 4.74 Å². The van der Waals surface area contributed by atoms with Crippen molar-refractivity contribution in [2.75, 3.05) is 32.6 Å². The Labute approximate surface area is 113 Å². The van der Waals surface area contributed by atoms with Crippen molar-refractivity contribution in [3.8, 4) is 5.75 Å². The molecule has 1 fully saturated rings. The third-order valence-corrected chi connectivity index (χ3v) is 3.07. The Kier molecular flexibility index (Phi) is 4.63. The van der Waals surface area contributed by atoms with E-state index in [-0.39, 0.29) is 5.91 Å². The van der Waals surface area contributed by atoms with Gasteiger partial charge in [0.15, 0.2) is 0 Å². The topological polar surface area (TPSA) is 73.6 Å². The van der Waals surface area contributed by atoms with Crippen molar-refractivity contribution in [3.63, 3.8) is 0 Å². The van der Waals surface area contributed by atoms with E-state index in [1.54, 1.807) is 25.3 Å². The predicted octanol–water partition coefficient (Wildman–Crippen LogP) is 1.43. The number of nitrogens with two attached hydrogens (primary N) is 1. The van der Waals surface area contributed by atoms with Crippen LogP contribution in [0.4, 0.5) is 5.69 Å². The molecule has 1 aliphatic rings. The molecular formula is C14H20N2O3. The number of hydrogen-bond acceptors (Lipinski definition) is 4. The Morgan fingerprint density at radius 2 is 2.26 bits per heavy atom. The SMILES string of the molecule is COc1ccc(C(=O)NCCOCC2CC2)cc1N. The van der Waals surface area contributed by atoms with E-state index in [4.69, 9.17) is 15.2 Å². The Morgan fingerprint density at radius 1 is 1.47 bits per heavy atom. The summed E-state index contributed by atoms with van der Waals surface area (Å²) >= 11 is 0. The van der Waals surface area contributed by atoms with E-state index < -0.39 is 0 Å².